The molecule has 0 fully saturated rings. The maximum Gasteiger partial charge on any atom is 0.534 e. The lowest BCUT2D eigenvalue weighted by molar-refractivity contribution is -0.0501. The monoisotopic (exact) mass is 283 g/mol. The molecule has 9 heteroatoms. The minimum Gasteiger partial charge on any atom is -0.355 e. The fourth-order valence-corrected chi connectivity index (χ4v) is 2.20. The van der Waals surface area contributed by atoms with Gasteiger partial charge in [-0.3, -0.25) is 0 Å². The minimum atomic E-state index is -5.66. The van der Waals surface area contributed by atoms with Gasteiger partial charge in [-0.15, -0.1) is 11.3 Å². The van der Waals surface area contributed by atoms with Crippen LogP contribution >= 0.6 is 11.3 Å². The highest BCUT2D eigenvalue weighted by molar-refractivity contribution is 7.87. The van der Waals surface area contributed by atoms with Crippen molar-refractivity contribution in [2.45, 2.75) is 5.51 Å². The summed E-state index contributed by atoms with van der Waals surface area (Å²) in [5.41, 5.74) is -5.46. The first-order chi connectivity index (χ1) is 7.79. The lowest BCUT2D eigenvalue weighted by Crippen LogP contribution is -2.28. The van der Waals surface area contributed by atoms with Gasteiger partial charge in [-0.25, -0.2) is 4.98 Å². The van der Waals surface area contributed by atoms with Crippen LogP contribution in [0.15, 0.2) is 23.7 Å². The predicted molar refractivity (Wildman–Crippen MR) is 55.2 cm³/mol. The first-order valence-electron chi connectivity index (χ1n) is 4.13. The summed E-state index contributed by atoms with van der Waals surface area (Å²) in [6.07, 6.45) is 1.25. The van der Waals surface area contributed by atoms with Crippen molar-refractivity contribution in [3.05, 3.63) is 23.7 Å². The molecule has 0 aromatic carbocycles. The predicted octanol–water partition coefficient (Wildman–Crippen LogP) is 2.52. The van der Waals surface area contributed by atoms with Gasteiger partial charge in [0.2, 0.25) is 5.88 Å². The van der Waals surface area contributed by atoms with E-state index in [2.05, 4.69) is 9.17 Å². The number of aromatic nitrogens is 1. The number of thiophene rings is 1. The lowest BCUT2D eigenvalue weighted by atomic mass is 10.3. The van der Waals surface area contributed by atoms with E-state index in [4.69, 9.17) is 0 Å². The third-order valence-electron chi connectivity index (χ3n) is 1.79. The zero-order valence-electron chi connectivity index (χ0n) is 7.93. The molecule has 2 heterocycles. The molecule has 0 aliphatic carbocycles. The van der Waals surface area contributed by atoms with Crippen molar-refractivity contribution >= 4 is 31.5 Å². The van der Waals surface area contributed by atoms with Crippen LogP contribution < -0.4 is 4.18 Å². The Labute approximate surface area is 97.8 Å². The number of rotatable bonds is 2. The van der Waals surface area contributed by atoms with Gasteiger partial charge < -0.3 is 4.18 Å². The average Bonchev–Trinajstić information content (AvgIpc) is 2.62. The van der Waals surface area contributed by atoms with Crippen LogP contribution in [0.2, 0.25) is 0 Å². The van der Waals surface area contributed by atoms with Crippen LogP contribution in [0.5, 0.6) is 5.88 Å². The molecule has 4 nitrogen and oxygen atoms in total. The molecule has 0 saturated carbocycles. The highest BCUT2D eigenvalue weighted by atomic mass is 32.2. The summed E-state index contributed by atoms with van der Waals surface area (Å²) in [4.78, 5) is 3.49. The molecule has 0 unspecified atom stereocenters. The summed E-state index contributed by atoms with van der Waals surface area (Å²) in [6, 6.07) is 2.75. The Bertz CT molecular complexity index is 647. The molecule has 0 spiro atoms. The molecule has 2 rings (SSSR count). The van der Waals surface area contributed by atoms with Crippen molar-refractivity contribution < 1.29 is 25.8 Å². The zero-order valence-corrected chi connectivity index (χ0v) is 9.56. The number of alkyl halides is 3. The average molecular weight is 283 g/mol. The van der Waals surface area contributed by atoms with E-state index in [0.29, 0.717) is 5.39 Å². The Morgan fingerprint density at radius 2 is 2.06 bits per heavy atom. The van der Waals surface area contributed by atoms with Gasteiger partial charge in [0.1, 0.15) is 0 Å². The summed E-state index contributed by atoms with van der Waals surface area (Å²) >= 11 is 1.33. The number of fused-ring (bicyclic) bond motifs is 1. The van der Waals surface area contributed by atoms with Crippen molar-refractivity contribution in [2.24, 2.45) is 0 Å². The smallest absolute Gasteiger partial charge is 0.355 e. The highest BCUT2D eigenvalue weighted by Gasteiger charge is 2.48. The Hall–Kier alpha value is -1.35. The van der Waals surface area contributed by atoms with E-state index in [-0.39, 0.29) is 0 Å². The van der Waals surface area contributed by atoms with Gasteiger partial charge in [0.25, 0.3) is 0 Å². The lowest BCUT2D eigenvalue weighted by Gasteiger charge is -2.08. The van der Waals surface area contributed by atoms with Gasteiger partial charge in [-0.2, -0.15) is 21.6 Å². The summed E-state index contributed by atoms with van der Waals surface area (Å²) < 4.78 is 62.1. The van der Waals surface area contributed by atoms with E-state index in [0.717, 1.165) is 10.8 Å². The fourth-order valence-electron chi connectivity index (χ4n) is 1.05. The van der Waals surface area contributed by atoms with E-state index < -0.39 is 21.5 Å². The largest absolute Gasteiger partial charge is 0.534 e. The van der Waals surface area contributed by atoms with Gasteiger partial charge in [0, 0.05) is 12.3 Å². The van der Waals surface area contributed by atoms with E-state index >= 15 is 0 Å². The molecule has 0 saturated heterocycles. The van der Waals surface area contributed by atoms with Crippen LogP contribution in [0.25, 0.3) is 10.1 Å². The molecule has 0 bridgehead atoms. The van der Waals surface area contributed by atoms with Crippen LogP contribution in [0, 0.1) is 0 Å². The minimum absolute atomic E-state index is 0.567. The summed E-state index contributed by atoms with van der Waals surface area (Å²) in [7, 11) is -5.66. The number of hydrogen-bond acceptors (Lipinski definition) is 5. The number of halogens is 3. The number of nitrogens with zero attached hydrogens (tertiary/aromatic N) is 1. The van der Waals surface area contributed by atoms with E-state index in [9.17, 15) is 21.6 Å². The van der Waals surface area contributed by atoms with Crippen LogP contribution in [0.4, 0.5) is 13.2 Å². The number of hydrogen-bond donors (Lipinski definition) is 0. The second-order valence-electron chi connectivity index (χ2n) is 2.96. The molecule has 17 heavy (non-hydrogen) atoms. The van der Waals surface area contributed by atoms with Crippen LogP contribution in [0.3, 0.4) is 0 Å². The van der Waals surface area contributed by atoms with Gasteiger partial charge in [0.05, 0.1) is 4.70 Å². The van der Waals surface area contributed by atoms with Crippen molar-refractivity contribution in [2.75, 3.05) is 0 Å². The maximum atomic E-state index is 12.0. The van der Waals surface area contributed by atoms with Crippen molar-refractivity contribution in [1.82, 2.24) is 4.98 Å². The maximum absolute atomic E-state index is 12.0. The summed E-state index contributed by atoms with van der Waals surface area (Å²) in [5, 5.41) is 2.27. The Morgan fingerprint density at radius 3 is 2.71 bits per heavy atom. The Morgan fingerprint density at radius 1 is 1.35 bits per heavy atom. The first-order valence-corrected chi connectivity index (χ1v) is 6.42. The molecular weight excluding hydrogens is 279 g/mol. The second-order valence-corrected chi connectivity index (χ2v) is 5.45. The van der Waals surface area contributed by atoms with E-state index in [1.54, 1.807) is 11.4 Å². The molecule has 0 atom stereocenters. The van der Waals surface area contributed by atoms with Gasteiger partial charge in [-0.05, 0) is 16.8 Å². The molecule has 0 aliphatic heterocycles. The van der Waals surface area contributed by atoms with Crippen LogP contribution in [0.1, 0.15) is 0 Å². The summed E-state index contributed by atoms with van der Waals surface area (Å²) in [5.74, 6) is -0.603. The quantitative estimate of drug-likeness (QED) is 0.627. The Balaban J connectivity index is 2.36. The first kappa shape index (κ1) is 12.1. The van der Waals surface area contributed by atoms with E-state index in [1.165, 1.54) is 17.5 Å². The zero-order chi connectivity index (χ0) is 12.7. The third kappa shape index (κ3) is 2.34. The fraction of sp³-hybridized carbons (Fsp3) is 0.125. The van der Waals surface area contributed by atoms with Crippen LogP contribution in [-0.2, 0) is 10.1 Å². The molecule has 2 aromatic rings. The SMILES string of the molecule is O=S(=O)(Oc1cc2ccsc2cn1)C(F)(F)F. The van der Waals surface area contributed by atoms with Crippen LogP contribution in [-0.4, -0.2) is 18.9 Å². The highest BCUT2D eigenvalue weighted by Crippen LogP contribution is 2.28. The topological polar surface area (TPSA) is 56.3 Å². The molecule has 92 valence electrons. The molecule has 2 aromatic heterocycles. The molecule has 0 radical (unpaired) electrons. The van der Waals surface area contributed by atoms with Gasteiger partial charge in [0.15, 0.2) is 0 Å². The van der Waals surface area contributed by atoms with Crippen molar-refractivity contribution in [3.63, 3.8) is 0 Å². The third-order valence-corrected chi connectivity index (χ3v) is 3.62. The Kier molecular flexibility index (Phi) is 2.74. The van der Waals surface area contributed by atoms with Crippen molar-refractivity contribution in [1.29, 1.82) is 0 Å². The standard InChI is InChI=1S/C8H4F3NO3S2/c9-8(10,11)17(13,14)15-7-3-5-1-2-16-6(5)4-12-7/h1-4H. The van der Waals surface area contributed by atoms with Crippen molar-refractivity contribution in [3.8, 4) is 5.88 Å². The van der Waals surface area contributed by atoms with E-state index in [1.807, 2.05) is 0 Å². The number of pyridine rings is 1. The molecule has 0 N–H and O–H groups in total. The molecule has 0 amide bonds. The molecule has 0 aliphatic rings. The summed E-state index contributed by atoms with van der Waals surface area (Å²) in [6.45, 7) is 0. The molecular formula is C8H4F3NO3S2. The van der Waals surface area contributed by atoms with Gasteiger partial charge >= 0.3 is 15.6 Å². The second kappa shape index (κ2) is 3.84. The van der Waals surface area contributed by atoms with Gasteiger partial charge in [-0.1, -0.05) is 0 Å². The normalized spacial score (nSPS) is 12.9.